The minimum Gasteiger partial charge on any atom is -0.438 e. The fraction of sp³-hybridized carbons (Fsp3) is 0.550. The Morgan fingerprint density at radius 1 is 1.39 bits per heavy atom. The predicted molar refractivity (Wildman–Crippen MR) is 103 cm³/mol. The molecular weight excluding hydrogens is 360 g/mol. The first kappa shape index (κ1) is 18.7. The number of fused-ring (bicyclic) bond motifs is 1. The molecule has 2 amide bonds. The molecule has 4 rings (SSSR count). The normalized spacial score (nSPS) is 27.2. The summed E-state index contributed by atoms with van der Waals surface area (Å²) in [6, 6.07) is 3.51. The first-order valence-electron chi connectivity index (χ1n) is 9.67. The van der Waals surface area contributed by atoms with E-state index in [-0.39, 0.29) is 12.0 Å². The zero-order valence-electron chi connectivity index (χ0n) is 16.0. The highest BCUT2D eigenvalue weighted by molar-refractivity contribution is 5.91. The van der Waals surface area contributed by atoms with E-state index in [4.69, 9.17) is 15.2 Å². The summed E-state index contributed by atoms with van der Waals surface area (Å²) < 4.78 is 10.6. The molecule has 1 aliphatic carbocycles. The number of nitrogen functional groups attached to an aromatic ring is 1. The SMILES string of the molecule is CC1(OC(=O)N2CC3C(CCNC(=O)/C=C/c4ccc(N)nc4)C3C2)COC1. The number of aromatic nitrogens is 1. The molecule has 150 valence electrons. The van der Waals surface area contributed by atoms with Crippen molar-refractivity contribution < 1.29 is 19.1 Å². The van der Waals surface area contributed by atoms with Gasteiger partial charge in [-0.3, -0.25) is 4.79 Å². The van der Waals surface area contributed by atoms with Crippen molar-refractivity contribution in [1.82, 2.24) is 15.2 Å². The Bertz CT molecular complexity index is 763. The maximum Gasteiger partial charge on any atom is 0.410 e. The van der Waals surface area contributed by atoms with Crippen LogP contribution in [0.15, 0.2) is 24.4 Å². The maximum absolute atomic E-state index is 12.2. The van der Waals surface area contributed by atoms with Gasteiger partial charge in [-0.2, -0.15) is 0 Å². The Kier molecular flexibility index (Phi) is 4.97. The molecule has 2 atom stereocenters. The third kappa shape index (κ3) is 4.11. The smallest absolute Gasteiger partial charge is 0.410 e. The molecule has 0 radical (unpaired) electrons. The maximum atomic E-state index is 12.2. The molecule has 3 heterocycles. The molecule has 28 heavy (non-hydrogen) atoms. The lowest BCUT2D eigenvalue weighted by atomic mass is 10.1. The Hall–Kier alpha value is -2.61. The Balaban J connectivity index is 1.13. The van der Waals surface area contributed by atoms with Gasteiger partial charge in [-0.25, -0.2) is 9.78 Å². The number of hydrogen-bond donors (Lipinski definition) is 2. The highest BCUT2D eigenvalue weighted by Gasteiger charge is 2.56. The van der Waals surface area contributed by atoms with Gasteiger partial charge in [0.25, 0.3) is 0 Å². The van der Waals surface area contributed by atoms with Crippen LogP contribution in [0.5, 0.6) is 0 Å². The Morgan fingerprint density at radius 2 is 2.14 bits per heavy atom. The van der Waals surface area contributed by atoms with Crippen LogP contribution in [-0.4, -0.2) is 60.3 Å². The number of hydrogen-bond acceptors (Lipinski definition) is 6. The number of nitrogens with zero attached hydrogens (tertiary/aromatic N) is 2. The van der Waals surface area contributed by atoms with Gasteiger partial charge in [0.2, 0.25) is 5.91 Å². The Morgan fingerprint density at radius 3 is 2.75 bits per heavy atom. The molecule has 0 aromatic carbocycles. The average Bonchev–Trinajstić information content (AvgIpc) is 3.09. The van der Waals surface area contributed by atoms with Crippen LogP contribution < -0.4 is 11.1 Å². The molecule has 3 N–H and O–H groups in total. The van der Waals surface area contributed by atoms with E-state index in [9.17, 15) is 9.59 Å². The minimum atomic E-state index is -0.455. The molecule has 3 aliphatic rings. The van der Waals surface area contributed by atoms with E-state index < -0.39 is 5.60 Å². The molecule has 1 aromatic heterocycles. The third-order valence-corrected chi connectivity index (χ3v) is 5.79. The van der Waals surface area contributed by atoms with E-state index in [0.29, 0.717) is 43.3 Å². The van der Waals surface area contributed by atoms with Crippen LogP contribution in [0.3, 0.4) is 0 Å². The van der Waals surface area contributed by atoms with Gasteiger partial charge in [0, 0.05) is 31.9 Å². The Labute approximate surface area is 164 Å². The molecule has 1 aromatic rings. The summed E-state index contributed by atoms with van der Waals surface area (Å²) in [5.41, 5.74) is 5.91. The van der Waals surface area contributed by atoms with Crippen molar-refractivity contribution in [2.24, 2.45) is 17.8 Å². The minimum absolute atomic E-state index is 0.121. The van der Waals surface area contributed by atoms with Crippen LogP contribution in [0.25, 0.3) is 6.08 Å². The summed E-state index contributed by atoms with van der Waals surface area (Å²) in [6.45, 7) is 5.00. The fourth-order valence-corrected chi connectivity index (χ4v) is 4.06. The number of piperidine rings is 1. The molecular formula is C20H26N4O4. The molecule has 1 saturated carbocycles. The average molecular weight is 386 g/mol. The fourth-order valence-electron chi connectivity index (χ4n) is 4.06. The highest BCUT2D eigenvalue weighted by atomic mass is 16.6. The van der Waals surface area contributed by atoms with E-state index in [1.54, 1.807) is 23.2 Å². The molecule has 2 aliphatic heterocycles. The summed E-state index contributed by atoms with van der Waals surface area (Å²) >= 11 is 0. The number of nitrogens with two attached hydrogens (primary N) is 1. The monoisotopic (exact) mass is 386 g/mol. The summed E-state index contributed by atoms with van der Waals surface area (Å²) in [6.07, 6.45) is 5.55. The summed E-state index contributed by atoms with van der Waals surface area (Å²) in [7, 11) is 0. The van der Waals surface area contributed by atoms with E-state index in [0.717, 1.165) is 25.1 Å². The molecule has 0 spiro atoms. The summed E-state index contributed by atoms with van der Waals surface area (Å²) in [5, 5.41) is 2.92. The quantitative estimate of drug-likeness (QED) is 0.714. The first-order valence-corrected chi connectivity index (χ1v) is 9.67. The van der Waals surface area contributed by atoms with Gasteiger partial charge in [0.05, 0.1) is 13.2 Å². The summed E-state index contributed by atoms with van der Waals surface area (Å²) in [5.74, 6) is 1.98. The van der Waals surface area contributed by atoms with E-state index >= 15 is 0 Å². The number of carbonyl (C=O) groups excluding carboxylic acids is 2. The topological polar surface area (TPSA) is 107 Å². The van der Waals surface area contributed by atoms with Gasteiger partial charge in [-0.1, -0.05) is 0 Å². The number of nitrogens with one attached hydrogen (secondary N) is 1. The van der Waals surface area contributed by atoms with Crippen molar-refractivity contribution in [2.45, 2.75) is 18.9 Å². The zero-order chi connectivity index (χ0) is 19.7. The third-order valence-electron chi connectivity index (χ3n) is 5.79. The van der Waals surface area contributed by atoms with Crippen molar-refractivity contribution >= 4 is 23.9 Å². The van der Waals surface area contributed by atoms with Gasteiger partial charge >= 0.3 is 6.09 Å². The van der Waals surface area contributed by atoms with E-state index in [1.807, 2.05) is 13.0 Å². The van der Waals surface area contributed by atoms with Crippen LogP contribution in [0.2, 0.25) is 0 Å². The van der Waals surface area contributed by atoms with Crippen molar-refractivity contribution in [1.29, 1.82) is 0 Å². The second-order valence-corrected chi connectivity index (χ2v) is 8.14. The van der Waals surface area contributed by atoms with Gasteiger partial charge in [0.1, 0.15) is 5.82 Å². The van der Waals surface area contributed by atoms with Crippen molar-refractivity contribution in [2.75, 3.05) is 38.6 Å². The van der Waals surface area contributed by atoms with Gasteiger partial charge in [-0.05, 0) is 54.9 Å². The number of pyridine rings is 1. The standard InChI is InChI=1S/C20H26N4O4/c1-20(11-27-12-20)28-19(26)24-9-15-14(16(15)10-24)6-7-22-18(25)5-3-13-2-4-17(21)23-8-13/h2-5,8,14-16H,6-7,9-12H2,1H3,(H2,21,23)(H,22,25)/b5-3+. The second kappa shape index (κ2) is 7.43. The van der Waals surface area contributed by atoms with Crippen molar-refractivity contribution in [3.63, 3.8) is 0 Å². The van der Waals surface area contributed by atoms with Crippen molar-refractivity contribution in [3.8, 4) is 0 Å². The zero-order valence-corrected chi connectivity index (χ0v) is 16.0. The van der Waals surface area contributed by atoms with Crippen LogP contribution in [0.4, 0.5) is 10.6 Å². The van der Waals surface area contributed by atoms with E-state index in [2.05, 4.69) is 10.3 Å². The van der Waals surface area contributed by atoms with Gasteiger partial charge < -0.3 is 25.4 Å². The van der Waals surface area contributed by atoms with Crippen LogP contribution in [0.1, 0.15) is 18.9 Å². The van der Waals surface area contributed by atoms with Crippen LogP contribution >= 0.6 is 0 Å². The molecule has 2 unspecified atom stereocenters. The predicted octanol–water partition coefficient (Wildman–Crippen LogP) is 1.29. The number of anilines is 1. The molecule has 8 nitrogen and oxygen atoms in total. The van der Waals surface area contributed by atoms with Gasteiger partial charge in [0.15, 0.2) is 5.60 Å². The summed E-state index contributed by atoms with van der Waals surface area (Å²) in [4.78, 5) is 29.9. The molecule has 2 saturated heterocycles. The van der Waals surface area contributed by atoms with E-state index in [1.165, 1.54) is 6.08 Å². The van der Waals surface area contributed by atoms with Crippen LogP contribution in [0, 0.1) is 17.8 Å². The lowest BCUT2D eigenvalue weighted by molar-refractivity contribution is -0.171. The van der Waals surface area contributed by atoms with Crippen molar-refractivity contribution in [3.05, 3.63) is 30.0 Å². The number of likely N-dealkylation sites (tertiary alicyclic amines) is 1. The molecule has 3 fully saturated rings. The first-order chi connectivity index (χ1) is 13.4. The lowest BCUT2D eigenvalue weighted by Gasteiger charge is -2.38. The largest absolute Gasteiger partial charge is 0.438 e. The number of rotatable bonds is 6. The highest BCUT2D eigenvalue weighted by Crippen LogP contribution is 2.53. The second-order valence-electron chi connectivity index (χ2n) is 8.14. The number of ether oxygens (including phenoxy) is 2. The van der Waals surface area contributed by atoms with Crippen LogP contribution in [-0.2, 0) is 14.3 Å². The lowest BCUT2D eigenvalue weighted by Crippen LogP contribution is -2.52. The van der Waals surface area contributed by atoms with Gasteiger partial charge in [-0.15, -0.1) is 0 Å². The number of amides is 2. The molecule has 8 heteroatoms. The molecule has 0 bridgehead atoms. The number of carbonyl (C=O) groups is 2.